The number of hydrogen-bond donors (Lipinski definition) is 3. The van der Waals surface area contributed by atoms with Crippen molar-refractivity contribution in [3.8, 4) is 0 Å². The summed E-state index contributed by atoms with van der Waals surface area (Å²) in [5, 5.41) is 15.5. The van der Waals surface area contributed by atoms with Crippen molar-refractivity contribution >= 4 is 11.6 Å². The lowest BCUT2D eigenvalue weighted by molar-refractivity contribution is 0.170. The SMILES string of the molecule is CCCNc1cccc(NC(CCO)COC)n1. The second kappa shape index (κ2) is 8.72. The van der Waals surface area contributed by atoms with Crippen molar-refractivity contribution in [2.24, 2.45) is 0 Å². The third-order valence-electron chi connectivity index (χ3n) is 2.50. The van der Waals surface area contributed by atoms with E-state index < -0.39 is 0 Å². The zero-order valence-corrected chi connectivity index (χ0v) is 11.1. The van der Waals surface area contributed by atoms with Gasteiger partial charge in [-0.1, -0.05) is 13.0 Å². The summed E-state index contributed by atoms with van der Waals surface area (Å²) in [7, 11) is 1.65. The molecule has 0 radical (unpaired) electrons. The average Bonchev–Trinajstić information content (AvgIpc) is 2.37. The molecule has 3 N–H and O–H groups in total. The Bertz CT molecular complexity index is 328. The molecule has 0 fully saturated rings. The monoisotopic (exact) mass is 253 g/mol. The van der Waals surface area contributed by atoms with E-state index in [4.69, 9.17) is 9.84 Å². The molecule has 0 aliphatic carbocycles. The molecular formula is C13H23N3O2. The Labute approximate surface area is 109 Å². The van der Waals surface area contributed by atoms with Crippen LogP contribution in [0.5, 0.6) is 0 Å². The molecule has 1 rings (SSSR count). The Hall–Kier alpha value is -1.33. The molecule has 0 spiro atoms. The van der Waals surface area contributed by atoms with Gasteiger partial charge in [0, 0.05) is 20.3 Å². The summed E-state index contributed by atoms with van der Waals surface area (Å²) in [6.45, 7) is 3.71. The van der Waals surface area contributed by atoms with Crippen molar-refractivity contribution in [2.45, 2.75) is 25.8 Å². The summed E-state index contributed by atoms with van der Waals surface area (Å²) in [6, 6.07) is 5.89. The average molecular weight is 253 g/mol. The summed E-state index contributed by atoms with van der Waals surface area (Å²) in [5.74, 6) is 1.66. The van der Waals surface area contributed by atoms with Crippen LogP contribution in [0.2, 0.25) is 0 Å². The van der Waals surface area contributed by atoms with Gasteiger partial charge in [0.2, 0.25) is 0 Å². The van der Waals surface area contributed by atoms with Crippen molar-refractivity contribution in [1.82, 2.24) is 4.98 Å². The first kappa shape index (κ1) is 14.7. The molecule has 0 amide bonds. The van der Waals surface area contributed by atoms with Gasteiger partial charge >= 0.3 is 0 Å². The zero-order chi connectivity index (χ0) is 13.2. The van der Waals surface area contributed by atoms with Gasteiger partial charge in [0.15, 0.2) is 0 Å². The molecular weight excluding hydrogens is 230 g/mol. The Balaban J connectivity index is 2.58. The molecule has 1 atom stereocenters. The highest BCUT2D eigenvalue weighted by Crippen LogP contribution is 2.11. The van der Waals surface area contributed by atoms with Gasteiger partial charge in [0.25, 0.3) is 0 Å². The van der Waals surface area contributed by atoms with E-state index in [1.807, 2.05) is 18.2 Å². The Morgan fingerprint density at radius 3 is 2.83 bits per heavy atom. The summed E-state index contributed by atoms with van der Waals surface area (Å²) < 4.78 is 5.11. The predicted octanol–water partition coefficient (Wildman–Crippen LogP) is 1.71. The number of aliphatic hydroxyl groups is 1. The zero-order valence-electron chi connectivity index (χ0n) is 11.1. The molecule has 18 heavy (non-hydrogen) atoms. The van der Waals surface area contributed by atoms with E-state index in [-0.39, 0.29) is 12.6 Å². The van der Waals surface area contributed by atoms with Crippen LogP contribution in [0.1, 0.15) is 19.8 Å². The van der Waals surface area contributed by atoms with E-state index in [0.717, 1.165) is 24.6 Å². The van der Waals surface area contributed by atoms with Gasteiger partial charge in [-0.25, -0.2) is 4.98 Å². The highest BCUT2D eigenvalue weighted by atomic mass is 16.5. The molecule has 0 aliphatic heterocycles. The number of pyridine rings is 1. The van der Waals surface area contributed by atoms with Gasteiger partial charge in [0.1, 0.15) is 11.6 Å². The molecule has 0 saturated heterocycles. The van der Waals surface area contributed by atoms with Gasteiger partial charge < -0.3 is 20.5 Å². The molecule has 1 unspecified atom stereocenters. The van der Waals surface area contributed by atoms with Crippen LogP contribution in [0.25, 0.3) is 0 Å². The van der Waals surface area contributed by atoms with Gasteiger partial charge in [-0.15, -0.1) is 0 Å². The van der Waals surface area contributed by atoms with E-state index in [1.165, 1.54) is 0 Å². The second-order valence-corrected chi connectivity index (χ2v) is 4.14. The van der Waals surface area contributed by atoms with Crippen LogP contribution in [0, 0.1) is 0 Å². The largest absolute Gasteiger partial charge is 0.396 e. The van der Waals surface area contributed by atoms with Gasteiger partial charge in [-0.3, -0.25) is 0 Å². The Morgan fingerprint density at radius 2 is 2.17 bits per heavy atom. The molecule has 0 aromatic carbocycles. The smallest absolute Gasteiger partial charge is 0.128 e. The van der Waals surface area contributed by atoms with Crippen molar-refractivity contribution in [2.75, 3.05) is 37.5 Å². The number of methoxy groups -OCH3 is 1. The molecule has 1 aromatic rings. The maximum atomic E-state index is 8.98. The van der Waals surface area contributed by atoms with Crippen molar-refractivity contribution in [1.29, 1.82) is 0 Å². The van der Waals surface area contributed by atoms with Crippen LogP contribution in [0.3, 0.4) is 0 Å². The van der Waals surface area contributed by atoms with E-state index in [9.17, 15) is 0 Å². The summed E-state index contributed by atoms with van der Waals surface area (Å²) in [6.07, 6.45) is 1.71. The molecule has 5 nitrogen and oxygen atoms in total. The molecule has 0 aliphatic rings. The fraction of sp³-hybridized carbons (Fsp3) is 0.615. The summed E-state index contributed by atoms with van der Waals surface area (Å²) in [4.78, 5) is 4.46. The van der Waals surface area contributed by atoms with Crippen molar-refractivity contribution in [3.63, 3.8) is 0 Å². The maximum absolute atomic E-state index is 8.98. The number of nitrogens with zero attached hydrogens (tertiary/aromatic N) is 1. The lowest BCUT2D eigenvalue weighted by atomic mass is 10.2. The standard InChI is InChI=1S/C13H23N3O2/c1-3-8-14-12-5-4-6-13(16-12)15-11(7-9-17)10-18-2/h4-6,11,17H,3,7-10H2,1-2H3,(H2,14,15,16). The minimum atomic E-state index is 0.0777. The van der Waals surface area contributed by atoms with Crippen molar-refractivity contribution < 1.29 is 9.84 Å². The normalized spacial score (nSPS) is 12.2. The van der Waals surface area contributed by atoms with Gasteiger partial charge in [-0.05, 0) is 25.0 Å². The van der Waals surface area contributed by atoms with Crippen LogP contribution in [-0.2, 0) is 4.74 Å². The number of ether oxygens (including phenoxy) is 1. The highest BCUT2D eigenvalue weighted by Gasteiger charge is 2.08. The highest BCUT2D eigenvalue weighted by molar-refractivity contribution is 5.45. The molecule has 5 heteroatoms. The lowest BCUT2D eigenvalue weighted by Gasteiger charge is -2.18. The third-order valence-corrected chi connectivity index (χ3v) is 2.50. The maximum Gasteiger partial charge on any atom is 0.128 e. The van der Waals surface area contributed by atoms with Crippen LogP contribution in [0.4, 0.5) is 11.6 Å². The Morgan fingerprint density at radius 1 is 1.39 bits per heavy atom. The molecule has 0 bridgehead atoms. The fourth-order valence-electron chi connectivity index (χ4n) is 1.63. The molecule has 1 aromatic heterocycles. The summed E-state index contributed by atoms with van der Waals surface area (Å²) >= 11 is 0. The van der Waals surface area contributed by atoms with E-state index >= 15 is 0 Å². The molecule has 102 valence electrons. The van der Waals surface area contributed by atoms with Gasteiger partial charge in [-0.2, -0.15) is 0 Å². The third kappa shape index (κ3) is 5.33. The minimum absolute atomic E-state index is 0.0777. The van der Waals surface area contributed by atoms with E-state index in [1.54, 1.807) is 7.11 Å². The first-order valence-corrected chi connectivity index (χ1v) is 6.37. The number of nitrogens with one attached hydrogen (secondary N) is 2. The van der Waals surface area contributed by atoms with Crippen LogP contribution in [-0.4, -0.2) is 43.0 Å². The first-order chi connectivity index (χ1) is 8.80. The van der Waals surface area contributed by atoms with E-state index in [2.05, 4.69) is 22.5 Å². The molecule has 0 saturated carbocycles. The second-order valence-electron chi connectivity index (χ2n) is 4.14. The predicted molar refractivity (Wildman–Crippen MR) is 74.0 cm³/mol. The quantitative estimate of drug-likeness (QED) is 0.625. The lowest BCUT2D eigenvalue weighted by Crippen LogP contribution is -2.26. The minimum Gasteiger partial charge on any atom is -0.396 e. The first-order valence-electron chi connectivity index (χ1n) is 6.37. The van der Waals surface area contributed by atoms with Crippen LogP contribution < -0.4 is 10.6 Å². The van der Waals surface area contributed by atoms with Crippen LogP contribution in [0.15, 0.2) is 18.2 Å². The number of anilines is 2. The number of aliphatic hydroxyl groups excluding tert-OH is 1. The molecule has 1 heterocycles. The summed E-state index contributed by atoms with van der Waals surface area (Å²) in [5.41, 5.74) is 0. The topological polar surface area (TPSA) is 66.4 Å². The van der Waals surface area contributed by atoms with E-state index in [0.29, 0.717) is 13.0 Å². The van der Waals surface area contributed by atoms with Crippen molar-refractivity contribution in [3.05, 3.63) is 18.2 Å². The Kier molecular flexibility index (Phi) is 7.13. The van der Waals surface area contributed by atoms with Gasteiger partial charge in [0.05, 0.1) is 12.6 Å². The number of rotatable bonds is 9. The number of aromatic nitrogens is 1. The van der Waals surface area contributed by atoms with Crippen LogP contribution >= 0.6 is 0 Å². The fourth-order valence-corrected chi connectivity index (χ4v) is 1.63. The number of hydrogen-bond acceptors (Lipinski definition) is 5.